The summed E-state index contributed by atoms with van der Waals surface area (Å²) in [6.07, 6.45) is 0.928. The van der Waals surface area contributed by atoms with E-state index in [1.165, 1.54) is 17.5 Å². The topological polar surface area (TPSA) is 75.7 Å². The second kappa shape index (κ2) is 8.51. The molecule has 1 aliphatic rings. The average molecular weight is 421 g/mol. The molecular weight excluding hydrogens is 395 g/mol. The highest BCUT2D eigenvalue weighted by molar-refractivity contribution is 7.89. The lowest BCUT2D eigenvalue weighted by Crippen LogP contribution is -2.42. The molecule has 1 amide bonds. The number of anilines is 1. The van der Waals surface area contributed by atoms with Gasteiger partial charge in [0.05, 0.1) is 7.11 Å². The first-order chi connectivity index (χ1) is 13.7. The molecule has 1 saturated heterocycles. The van der Waals surface area contributed by atoms with Gasteiger partial charge in [-0.3, -0.25) is 4.79 Å². The molecule has 8 heteroatoms. The summed E-state index contributed by atoms with van der Waals surface area (Å²) in [4.78, 5) is 12.1. The Hall–Kier alpha value is -2.45. The van der Waals surface area contributed by atoms with E-state index in [9.17, 15) is 17.6 Å². The van der Waals surface area contributed by atoms with Gasteiger partial charge in [0, 0.05) is 30.4 Å². The van der Waals surface area contributed by atoms with Crippen molar-refractivity contribution in [3.8, 4) is 5.75 Å². The molecule has 1 aliphatic heterocycles. The van der Waals surface area contributed by atoms with Crippen LogP contribution in [0.25, 0.3) is 0 Å². The number of amides is 1. The fraction of sp³-hybridized carbons (Fsp3) is 0.381. The van der Waals surface area contributed by atoms with E-state index in [4.69, 9.17) is 4.74 Å². The predicted octanol–water partition coefficient (Wildman–Crippen LogP) is 3.75. The van der Waals surface area contributed by atoms with Crippen molar-refractivity contribution in [3.05, 3.63) is 53.8 Å². The summed E-state index contributed by atoms with van der Waals surface area (Å²) in [5.74, 6) is -0.449. The first kappa shape index (κ1) is 21.3. The van der Waals surface area contributed by atoms with Gasteiger partial charge in [-0.05, 0) is 48.6 Å². The van der Waals surface area contributed by atoms with Crippen LogP contribution >= 0.6 is 0 Å². The Labute approximate surface area is 170 Å². The third-order valence-electron chi connectivity index (χ3n) is 4.97. The summed E-state index contributed by atoms with van der Waals surface area (Å²) >= 11 is 0. The third kappa shape index (κ3) is 4.76. The SMILES string of the molecule is COc1cccc(NC(=O)c2ccc(F)c(S(=O)(=O)N3C[C@H](C)C[C@H](C)C3)c2)c1. The van der Waals surface area contributed by atoms with Crippen LogP contribution in [0, 0.1) is 17.7 Å². The van der Waals surface area contributed by atoms with Crippen molar-refractivity contribution in [1.29, 1.82) is 0 Å². The number of hydrogen-bond donors (Lipinski definition) is 1. The highest BCUT2D eigenvalue weighted by Crippen LogP contribution is 2.28. The van der Waals surface area contributed by atoms with Crippen LogP contribution in [0.15, 0.2) is 47.4 Å². The van der Waals surface area contributed by atoms with Gasteiger partial charge in [0.1, 0.15) is 16.5 Å². The lowest BCUT2D eigenvalue weighted by Gasteiger charge is -2.34. The molecule has 0 saturated carbocycles. The Bertz CT molecular complexity index is 999. The van der Waals surface area contributed by atoms with E-state index < -0.39 is 26.6 Å². The smallest absolute Gasteiger partial charge is 0.255 e. The van der Waals surface area contributed by atoms with Crippen LogP contribution < -0.4 is 10.1 Å². The van der Waals surface area contributed by atoms with Crippen molar-refractivity contribution in [2.75, 3.05) is 25.5 Å². The van der Waals surface area contributed by atoms with Crippen LogP contribution in [0.4, 0.5) is 10.1 Å². The summed E-state index contributed by atoms with van der Waals surface area (Å²) in [7, 11) is -2.53. The van der Waals surface area contributed by atoms with Crippen LogP contribution in [0.2, 0.25) is 0 Å². The summed E-state index contributed by atoms with van der Waals surface area (Å²) in [6, 6.07) is 10.2. The maximum atomic E-state index is 14.4. The Balaban J connectivity index is 1.88. The van der Waals surface area contributed by atoms with Crippen molar-refractivity contribution in [3.63, 3.8) is 0 Å². The van der Waals surface area contributed by atoms with E-state index in [1.807, 2.05) is 13.8 Å². The fourth-order valence-corrected chi connectivity index (χ4v) is 5.46. The van der Waals surface area contributed by atoms with Crippen molar-refractivity contribution in [2.45, 2.75) is 25.2 Å². The van der Waals surface area contributed by atoms with Gasteiger partial charge in [-0.15, -0.1) is 0 Å². The number of halogens is 1. The number of sulfonamides is 1. The van der Waals surface area contributed by atoms with E-state index in [2.05, 4.69) is 5.32 Å². The highest BCUT2D eigenvalue weighted by atomic mass is 32.2. The quantitative estimate of drug-likeness (QED) is 0.799. The zero-order valence-electron chi connectivity index (χ0n) is 16.7. The molecule has 2 atom stereocenters. The van der Waals surface area contributed by atoms with Crippen molar-refractivity contribution >= 4 is 21.6 Å². The Kier molecular flexibility index (Phi) is 6.24. The molecule has 0 aliphatic carbocycles. The number of nitrogens with one attached hydrogen (secondary N) is 1. The number of benzene rings is 2. The zero-order valence-corrected chi connectivity index (χ0v) is 17.5. The number of carbonyl (C=O) groups excluding carboxylic acids is 1. The summed E-state index contributed by atoms with van der Waals surface area (Å²) in [5.41, 5.74) is 0.549. The minimum absolute atomic E-state index is 0.0610. The maximum absolute atomic E-state index is 14.4. The van der Waals surface area contributed by atoms with Gasteiger partial charge in [0.25, 0.3) is 5.91 Å². The van der Waals surface area contributed by atoms with Crippen LogP contribution in [0.5, 0.6) is 5.75 Å². The molecule has 2 aromatic carbocycles. The lowest BCUT2D eigenvalue weighted by atomic mass is 9.94. The van der Waals surface area contributed by atoms with Crippen molar-refractivity contribution in [1.82, 2.24) is 4.31 Å². The van der Waals surface area contributed by atoms with Gasteiger partial charge in [0.15, 0.2) is 0 Å². The van der Waals surface area contributed by atoms with Crippen LogP contribution in [-0.2, 0) is 10.0 Å². The minimum atomic E-state index is -4.04. The van der Waals surface area contributed by atoms with Gasteiger partial charge in [0.2, 0.25) is 10.0 Å². The zero-order chi connectivity index (χ0) is 21.2. The van der Waals surface area contributed by atoms with Gasteiger partial charge in [-0.1, -0.05) is 19.9 Å². The van der Waals surface area contributed by atoms with Crippen LogP contribution in [0.3, 0.4) is 0 Å². The molecule has 0 bridgehead atoms. The first-order valence-electron chi connectivity index (χ1n) is 9.46. The summed E-state index contributed by atoms with van der Waals surface area (Å²) in [6.45, 7) is 4.64. The first-order valence-corrected chi connectivity index (χ1v) is 10.9. The molecule has 0 spiro atoms. The number of methoxy groups -OCH3 is 1. The van der Waals surface area contributed by atoms with Gasteiger partial charge < -0.3 is 10.1 Å². The molecule has 6 nitrogen and oxygen atoms in total. The van der Waals surface area contributed by atoms with E-state index in [1.54, 1.807) is 24.3 Å². The standard InChI is InChI=1S/C21H25FN2O4S/c1-14-9-15(2)13-24(12-14)29(26,27)20-10-16(7-8-19(20)22)21(25)23-17-5-4-6-18(11-17)28-3/h4-8,10-11,14-15H,9,12-13H2,1-3H3,(H,23,25)/t14-,15+. The molecule has 156 valence electrons. The largest absolute Gasteiger partial charge is 0.497 e. The van der Waals surface area contributed by atoms with E-state index in [0.29, 0.717) is 24.5 Å². The molecular formula is C21H25FN2O4S. The van der Waals surface area contributed by atoms with Gasteiger partial charge >= 0.3 is 0 Å². The average Bonchev–Trinajstić information content (AvgIpc) is 2.67. The van der Waals surface area contributed by atoms with E-state index in [0.717, 1.165) is 18.6 Å². The molecule has 1 fully saturated rings. The lowest BCUT2D eigenvalue weighted by molar-refractivity contribution is 0.102. The van der Waals surface area contributed by atoms with Crippen LogP contribution in [-0.4, -0.2) is 38.8 Å². The number of piperidine rings is 1. The minimum Gasteiger partial charge on any atom is -0.497 e. The second-order valence-electron chi connectivity index (χ2n) is 7.60. The van der Waals surface area contributed by atoms with Gasteiger partial charge in [-0.25, -0.2) is 12.8 Å². The number of nitrogens with zero attached hydrogens (tertiary/aromatic N) is 1. The molecule has 29 heavy (non-hydrogen) atoms. The third-order valence-corrected chi connectivity index (χ3v) is 6.82. The van der Waals surface area contributed by atoms with Gasteiger partial charge in [-0.2, -0.15) is 4.31 Å². The van der Waals surface area contributed by atoms with Crippen molar-refractivity contribution < 1.29 is 22.3 Å². The molecule has 0 radical (unpaired) electrons. The number of rotatable bonds is 5. The Morgan fingerprint density at radius 3 is 2.48 bits per heavy atom. The molecule has 0 unspecified atom stereocenters. The fourth-order valence-electron chi connectivity index (χ4n) is 3.69. The Morgan fingerprint density at radius 2 is 1.83 bits per heavy atom. The molecule has 2 aromatic rings. The molecule has 1 heterocycles. The maximum Gasteiger partial charge on any atom is 0.255 e. The number of ether oxygens (including phenoxy) is 1. The number of hydrogen-bond acceptors (Lipinski definition) is 4. The monoisotopic (exact) mass is 420 g/mol. The van der Waals surface area contributed by atoms with E-state index in [-0.39, 0.29) is 17.4 Å². The van der Waals surface area contributed by atoms with Crippen molar-refractivity contribution in [2.24, 2.45) is 11.8 Å². The highest BCUT2D eigenvalue weighted by Gasteiger charge is 2.33. The van der Waals surface area contributed by atoms with E-state index >= 15 is 0 Å². The second-order valence-corrected chi connectivity index (χ2v) is 9.51. The molecule has 0 aromatic heterocycles. The molecule has 3 rings (SSSR count). The predicted molar refractivity (Wildman–Crippen MR) is 109 cm³/mol. The Morgan fingerprint density at radius 1 is 1.14 bits per heavy atom. The summed E-state index contributed by atoms with van der Waals surface area (Å²) < 4.78 is 47.0. The molecule has 1 N–H and O–H groups in total. The summed E-state index contributed by atoms with van der Waals surface area (Å²) in [5, 5.41) is 2.67. The normalized spacial score (nSPS) is 20.3. The number of carbonyl (C=O) groups is 1. The van der Waals surface area contributed by atoms with Crippen LogP contribution in [0.1, 0.15) is 30.6 Å².